The SMILES string of the molecule is ClCc1ncc(-c2ccoc2Br)o1. The van der Waals surface area contributed by atoms with E-state index in [-0.39, 0.29) is 5.88 Å². The number of rotatable bonds is 2. The quantitative estimate of drug-likeness (QED) is 0.778. The summed E-state index contributed by atoms with van der Waals surface area (Å²) in [5.74, 6) is 1.43. The summed E-state index contributed by atoms with van der Waals surface area (Å²) in [6.07, 6.45) is 3.19. The van der Waals surface area contributed by atoms with Crippen LogP contribution in [0.1, 0.15) is 5.89 Å². The Morgan fingerprint density at radius 2 is 2.38 bits per heavy atom. The normalized spacial score (nSPS) is 10.6. The first-order valence-electron chi connectivity index (χ1n) is 3.55. The van der Waals surface area contributed by atoms with Crippen LogP contribution in [0.3, 0.4) is 0 Å². The molecule has 0 aliphatic rings. The molecule has 0 saturated heterocycles. The van der Waals surface area contributed by atoms with Crippen molar-refractivity contribution in [2.75, 3.05) is 0 Å². The van der Waals surface area contributed by atoms with Crippen molar-refractivity contribution in [3.8, 4) is 11.3 Å². The van der Waals surface area contributed by atoms with Gasteiger partial charge in [-0.1, -0.05) is 0 Å². The molecule has 2 rings (SSSR count). The minimum atomic E-state index is 0.273. The van der Waals surface area contributed by atoms with Gasteiger partial charge in [-0.3, -0.25) is 0 Å². The predicted octanol–water partition coefficient (Wildman–Crippen LogP) is 3.44. The number of nitrogens with zero attached hydrogens (tertiary/aromatic N) is 1. The van der Waals surface area contributed by atoms with Crippen molar-refractivity contribution in [3.63, 3.8) is 0 Å². The summed E-state index contributed by atoms with van der Waals surface area (Å²) in [6.45, 7) is 0. The van der Waals surface area contributed by atoms with Crippen molar-refractivity contribution in [2.45, 2.75) is 5.88 Å². The fourth-order valence-corrected chi connectivity index (χ4v) is 1.53. The van der Waals surface area contributed by atoms with Gasteiger partial charge in [-0.25, -0.2) is 4.98 Å². The molecule has 2 heterocycles. The number of hydrogen-bond donors (Lipinski definition) is 0. The van der Waals surface area contributed by atoms with Crippen LogP contribution in [0.25, 0.3) is 11.3 Å². The maximum Gasteiger partial charge on any atom is 0.209 e. The molecule has 0 fully saturated rings. The lowest BCUT2D eigenvalue weighted by Gasteiger charge is -1.89. The third-order valence-electron chi connectivity index (χ3n) is 1.55. The predicted molar refractivity (Wildman–Crippen MR) is 51.5 cm³/mol. The van der Waals surface area contributed by atoms with Crippen LogP contribution in [0.5, 0.6) is 0 Å². The van der Waals surface area contributed by atoms with Crippen LogP contribution in [-0.4, -0.2) is 4.98 Å². The lowest BCUT2D eigenvalue weighted by molar-refractivity contribution is 0.520. The van der Waals surface area contributed by atoms with Crippen molar-refractivity contribution in [1.82, 2.24) is 4.98 Å². The zero-order valence-electron chi connectivity index (χ0n) is 6.46. The second-order valence-electron chi connectivity index (χ2n) is 2.36. The van der Waals surface area contributed by atoms with Gasteiger partial charge < -0.3 is 8.83 Å². The Morgan fingerprint density at radius 1 is 1.54 bits per heavy atom. The Bertz CT molecular complexity index is 410. The fraction of sp³-hybridized carbons (Fsp3) is 0.125. The highest BCUT2D eigenvalue weighted by Crippen LogP contribution is 2.29. The molecular formula is C8H5BrClNO2. The Hall–Kier alpha value is -0.740. The minimum absolute atomic E-state index is 0.273. The molecule has 0 bridgehead atoms. The van der Waals surface area contributed by atoms with E-state index in [4.69, 9.17) is 20.4 Å². The fourth-order valence-electron chi connectivity index (χ4n) is 0.966. The Morgan fingerprint density at radius 3 is 2.92 bits per heavy atom. The first-order chi connectivity index (χ1) is 6.31. The third kappa shape index (κ3) is 1.64. The highest BCUT2D eigenvalue weighted by atomic mass is 79.9. The van der Waals surface area contributed by atoms with E-state index in [9.17, 15) is 0 Å². The Balaban J connectivity index is 2.41. The van der Waals surface area contributed by atoms with E-state index < -0.39 is 0 Å². The lowest BCUT2D eigenvalue weighted by Crippen LogP contribution is -1.71. The number of aromatic nitrogens is 1. The number of halogens is 2. The molecule has 0 aromatic carbocycles. The maximum atomic E-state index is 5.55. The smallest absolute Gasteiger partial charge is 0.209 e. The summed E-state index contributed by atoms with van der Waals surface area (Å²) in [5, 5.41) is 0. The summed E-state index contributed by atoms with van der Waals surface area (Å²) in [4.78, 5) is 3.97. The van der Waals surface area contributed by atoms with E-state index in [0.29, 0.717) is 16.3 Å². The molecule has 0 atom stereocenters. The van der Waals surface area contributed by atoms with Crippen molar-refractivity contribution < 1.29 is 8.83 Å². The molecule has 0 N–H and O–H groups in total. The molecule has 0 spiro atoms. The van der Waals surface area contributed by atoms with E-state index in [1.165, 1.54) is 0 Å². The van der Waals surface area contributed by atoms with Gasteiger partial charge in [0.15, 0.2) is 10.4 Å². The molecule has 0 aliphatic heterocycles. The van der Waals surface area contributed by atoms with E-state index in [2.05, 4.69) is 20.9 Å². The second-order valence-corrected chi connectivity index (χ2v) is 3.35. The van der Waals surface area contributed by atoms with Gasteiger partial charge in [0.05, 0.1) is 23.9 Å². The van der Waals surface area contributed by atoms with E-state index >= 15 is 0 Å². The molecule has 13 heavy (non-hydrogen) atoms. The zero-order valence-corrected chi connectivity index (χ0v) is 8.80. The number of hydrogen-bond acceptors (Lipinski definition) is 3. The standard InChI is InChI=1S/C8H5BrClNO2/c9-8-5(1-2-12-8)6-4-11-7(3-10)13-6/h1-2,4H,3H2. The monoisotopic (exact) mass is 261 g/mol. The van der Waals surface area contributed by atoms with Crippen LogP contribution in [0.15, 0.2) is 32.0 Å². The van der Waals surface area contributed by atoms with Crippen molar-refractivity contribution in [3.05, 3.63) is 29.1 Å². The largest absolute Gasteiger partial charge is 0.457 e. The average molecular weight is 262 g/mol. The first kappa shape index (κ1) is 8.84. The van der Waals surface area contributed by atoms with Crippen molar-refractivity contribution >= 4 is 27.5 Å². The highest BCUT2D eigenvalue weighted by molar-refractivity contribution is 9.10. The van der Waals surface area contributed by atoms with Gasteiger partial charge in [-0.2, -0.15) is 0 Å². The molecule has 0 amide bonds. The molecule has 0 aliphatic carbocycles. The third-order valence-corrected chi connectivity index (χ3v) is 2.39. The average Bonchev–Trinajstić information content (AvgIpc) is 2.71. The van der Waals surface area contributed by atoms with Gasteiger partial charge in [0.2, 0.25) is 5.89 Å². The highest BCUT2D eigenvalue weighted by Gasteiger charge is 2.10. The Kier molecular flexibility index (Phi) is 2.42. The van der Waals surface area contributed by atoms with Crippen LogP contribution in [0.2, 0.25) is 0 Å². The van der Waals surface area contributed by atoms with Crippen molar-refractivity contribution in [2.24, 2.45) is 0 Å². The number of alkyl halides is 1. The van der Waals surface area contributed by atoms with Crippen molar-refractivity contribution in [1.29, 1.82) is 0 Å². The minimum Gasteiger partial charge on any atom is -0.457 e. The van der Waals surface area contributed by atoms with Crippen LogP contribution < -0.4 is 0 Å². The number of oxazole rings is 1. The number of furan rings is 1. The molecule has 2 aromatic heterocycles. The summed E-state index contributed by atoms with van der Waals surface area (Å²) in [6, 6.07) is 1.79. The molecule has 68 valence electrons. The van der Waals surface area contributed by atoms with Gasteiger partial charge >= 0.3 is 0 Å². The molecule has 2 aromatic rings. The summed E-state index contributed by atoms with van der Waals surface area (Å²) in [5.41, 5.74) is 0.837. The summed E-state index contributed by atoms with van der Waals surface area (Å²) in [7, 11) is 0. The van der Waals surface area contributed by atoms with Gasteiger partial charge in [0, 0.05) is 0 Å². The molecule has 0 unspecified atom stereocenters. The Labute approximate surface area is 87.8 Å². The lowest BCUT2D eigenvalue weighted by atomic mass is 10.3. The van der Waals surface area contributed by atoms with Gasteiger partial charge in [0.1, 0.15) is 0 Å². The van der Waals surface area contributed by atoms with E-state index in [1.54, 1.807) is 18.5 Å². The van der Waals surface area contributed by atoms with E-state index in [1.807, 2.05) is 0 Å². The zero-order chi connectivity index (χ0) is 9.26. The topological polar surface area (TPSA) is 39.2 Å². The van der Waals surface area contributed by atoms with Gasteiger partial charge in [0.25, 0.3) is 0 Å². The molecule has 5 heteroatoms. The molecular weight excluding hydrogens is 257 g/mol. The van der Waals surface area contributed by atoms with Crippen LogP contribution in [-0.2, 0) is 5.88 Å². The summed E-state index contributed by atoms with van der Waals surface area (Å²) >= 11 is 8.80. The summed E-state index contributed by atoms with van der Waals surface area (Å²) < 4.78 is 11.0. The molecule has 0 saturated carbocycles. The molecule has 3 nitrogen and oxygen atoms in total. The first-order valence-corrected chi connectivity index (χ1v) is 4.88. The van der Waals surface area contributed by atoms with Gasteiger partial charge in [-0.15, -0.1) is 11.6 Å². The molecule has 0 radical (unpaired) electrons. The van der Waals surface area contributed by atoms with Gasteiger partial charge in [-0.05, 0) is 22.0 Å². The van der Waals surface area contributed by atoms with Crippen LogP contribution in [0, 0.1) is 0 Å². The van der Waals surface area contributed by atoms with E-state index in [0.717, 1.165) is 5.56 Å². The second kappa shape index (κ2) is 3.55. The maximum absolute atomic E-state index is 5.55. The van der Waals surface area contributed by atoms with Crippen LogP contribution >= 0.6 is 27.5 Å². The van der Waals surface area contributed by atoms with Crippen LogP contribution in [0.4, 0.5) is 0 Å².